The summed E-state index contributed by atoms with van der Waals surface area (Å²) in [7, 11) is 1.47. The van der Waals surface area contributed by atoms with Crippen LogP contribution in [0.15, 0.2) is 24.3 Å². The van der Waals surface area contributed by atoms with E-state index in [4.69, 9.17) is 21.4 Å². The monoisotopic (exact) mass is 314 g/mol. The molecule has 2 unspecified atom stereocenters. The van der Waals surface area contributed by atoms with Crippen molar-refractivity contribution in [2.45, 2.75) is 25.4 Å². The number of amides is 2. The Hall–Kier alpha value is -1.79. The highest BCUT2D eigenvalue weighted by Crippen LogP contribution is 2.21. The number of carboxylic acid groups (broad SMARTS) is 1. The maximum Gasteiger partial charge on any atom is 0.326 e. The maximum absolute atomic E-state index is 11.8. The normalized spacial score (nSPS) is 13.3. The molecule has 6 nitrogen and oxygen atoms in total. The molecule has 0 aliphatic rings. The summed E-state index contributed by atoms with van der Waals surface area (Å²) in [6.07, 6.45) is 0.194. The van der Waals surface area contributed by atoms with Gasteiger partial charge < -0.3 is 20.5 Å². The smallest absolute Gasteiger partial charge is 0.326 e. The van der Waals surface area contributed by atoms with E-state index in [1.165, 1.54) is 7.11 Å². The topological polar surface area (TPSA) is 87.7 Å². The highest BCUT2D eigenvalue weighted by molar-refractivity contribution is 6.31. The number of carbonyl (C=O) groups excluding carboxylic acids is 1. The fourth-order valence-corrected chi connectivity index (χ4v) is 2.09. The molecule has 0 fully saturated rings. The second-order valence-corrected chi connectivity index (χ2v) is 4.94. The van der Waals surface area contributed by atoms with Gasteiger partial charge in [0.1, 0.15) is 6.04 Å². The Morgan fingerprint density at radius 3 is 2.57 bits per heavy atom. The first-order chi connectivity index (χ1) is 9.95. The molecule has 0 aliphatic carbocycles. The number of benzene rings is 1. The van der Waals surface area contributed by atoms with Crippen molar-refractivity contribution in [1.29, 1.82) is 0 Å². The lowest BCUT2D eigenvalue weighted by Crippen LogP contribution is -2.47. The minimum absolute atomic E-state index is 0.194. The van der Waals surface area contributed by atoms with Crippen LogP contribution in [0.5, 0.6) is 0 Å². The van der Waals surface area contributed by atoms with Crippen LogP contribution in [0.3, 0.4) is 0 Å². The molecule has 2 atom stereocenters. The molecule has 1 aromatic rings. The lowest BCUT2D eigenvalue weighted by Gasteiger charge is -2.19. The molecule has 21 heavy (non-hydrogen) atoms. The Labute approximate surface area is 128 Å². The molecule has 0 saturated carbocycles. The van der Waals surface area contributed by atoms with Crippen molar-refractivity contribution in [3.05, 3.63) is 34.9 Å². The third-order valence-electron chi connectivity index (χ3n) is 2.93. The van der Waals surface area contributed by atoms with E-state index in [2.05, 4.69) is 10.6 Å². The van der Waals surface area contributed by atoms with Crippen molar-refractivity contribution in [3.8, 4) is 0 Å². The van der Waals surface area contributed by atoms with E-state index in [9.17, 15) is 9.59 Å². The van der Waals surface area contributed by atoms with E-state index in [0.717, 1.165) is 5.56 Å². The van der Waals surface area contributed by atoms with Crippen molar-refractivity contribution >= 4 is 23.6 Å². The zero-order valence-corrected chi connectivity index (χ0v) is 12.7. The van der Waals surface area contributed by atoms with Crippen LogP contribution in [0, 0.1) is 0 Å². The number of hydrogen-bond donors (Lipinski definition) is 3. The van der Waals surface area contributed by atoms with Crippen LogP contribution in [-0.4, -0.2) is 36.9 Å². The van der Waals surface area contributed by atoms with Crippen molar-refractivity contribution in [1.82, 2.24) is 10.6 Å². The lowest BCUT2D eigenvalue weighted by molar-refractivity contribution is -0.139. The summed E-state index contributed by atoms with van der Waals surface area (Å²) >= 11 is 6.04. The maximum atomic E-state index is 11.8. The molecule has 1 rings (SSSR count). The summed E-state index contributed by atoms with van der Waals surface area (Å²) in [5.74, 6) is -1.10. The molecule has 0 aliphatic heterocycles. The standard InChI is InChI=1S/C14H19ClN2O4/c1-9(10-5-3-4-6-11(10)15)16-14(20)17-12(13(18)19)7-8-21-2/h3-6,9,12H,7-8H2,1-2H3,(H,18,19)(H2,16,17,20). The van der Waals surface area contributed by atoms with Gasteiger partial charge in [-0.05, 0) is 18.6 Å². The first-order valence-corrected chi connectivity index (χ1v) is 6.86. The van der Waals surface area contributed by atoms with Crippen LogP contribution in [0.4, 0.5) is 4.79 Å². The van der Waals surface area contributed by atoms with E-state index in [0.29, 0.717) is 5.02 Å². The van der Waals surface area contributed by atoms with Gasteiger partial charge in [0.2, 0.25) is 0 Å². The number of rotatable bonds is 7. The van der Waals surface area contributed by atoms with Crippen LogP contribution in [0.25, 0.3) is 0 Å². The van der Waals surface area contributed by atoms with Crippen molar-refractivity contribution < 1.29 is 19.4 Å². The molecule has 0 radical (unpaired) electrons. The summed E-state index contributed by atoms with van der Waals surface area (Å²) in [4.78, 5) is 22.9. The number of carboxylic acids is 1. The number of halogens is 1. The Bertz CT molecular complexity index is 496. The zero-order valence-electron chi connectivity index (χ0n) is 11.9. The average molecular weight is 315 g/mol. The average Bonchev–Trinajstić information content (AvgIpc) is 2.43. The van der Waals surface area contributed by atoms with Crippen molar-refractivity contribution in [3.63, 3.8) is 0 Å². The van der Waals surface area contributed by atoms with Gasteiger partial charge in [-0.2, -0.15) is 0 Å². The van der Waals surface area contributed by atoms with E-state index in [1.54, 1.807) is 25.1 Å². The predicted octanol–water partition coefficient (Wildman–Crippen LogP) is 2.19. The minimum atomic E-state index is -1.10. The van der Waals surface area contributed by atoms with Gasteiger partial charge >= 0.3 is 12.0 Å². The highest BCUT2D eigenvalue weighted by Gasteiger charge is 2.21. The summed E-state index contributed by atoms with van der Waals surface area (Å²) in [5.41, 5.74) is 0.762. The Morgan fingerprint density at radius 2 is 2.00 bits per heavy atom. The van der Waals surface area contributed by atoms with E-state index >= 15 is 0 Å². The molecule has 3 N–H and O–H groups in total. The van der Waals surface area contributed by atoms with Gasteiger partial charge in [-0.3, -0.25) is 0 Å². The van der Waals surface area contributed by atoms with Gasteiger partial charge in [0.25, 0.3) is 0 Å². The quantitative estimate of drug-likeness (QED) is 0.720. The molecular formula is C14H19ClN2O4. The second kappa shape index (κ2) is 8.49. The molecule has 0 bridgehead atoms. The van der Waals surface area contributed by atoms with Crippen molar-refractivity contribution in [2.24, 2.45) is 0 Å². The number of nitrogens with one attached hydrogen (secondary N) is 2. The molecule has 0 aromatic heterocycles. The lowest BCUT2D eigenvalue weighted by atomic mass is 10.1. The van der Waals surface area contributed by atoms with Crippen molar-refractivity contribution in [2.75, 3.05) is 13.7 Å². The first-order valence-electron chi connectivity index (χ1n) is 6.49. The Kier molecular flexibility index (Phi) is 6.98. The summed E-state index contributed by atoms with van der Waals surface area (Å²) in [5, 5.41) is 14.6. The number of carbonyl (C=O) groups is 2. The first kappa shape index (κ1) is 17.3. The van der Waals surface area contributed by atoms with Crippen LogP contribution in [-0.2, 0) is 9.53 Å². The van der Waals surface area contributed by atoms with Gasteiger partial charge in [-0.15, -0.1) is 0 Å². The molecule has 0 spiro atoms. The van der Waals surface area contributed by atoms with Gasteiger partial charge in [-0.1, -0.05) is 29.8 Å². The van der Waals surface area contributed by atoms with Crippen LogP contribution >= 0.6 is 11.6 Å². The number of urea groups is 1. The molecular weight excluding hydrogens is 296 g/mol. The summed E-state index contributed by atoms with van der Waals surface area (Å²) in [6.45, 7) is 2.02. The number of aliphatic carboxylic acids is 1. The fourth-order valence-electron chi connectivity index (χ4n) is 1.79. The molecule has 0 heterocycles. The van der Waals surface area contributed by atoms with E-state index < -0.39 is 18.0 Å². The highest BCUT2D eigenvalue weighted by atomic mass is 35.5. The van der Waals surface area contributed by atoms with Gasteiger partial charge in [0, 0.05) is 25.2 Å². The van der Waals surface area contributed by atoms with Gasteiger partial charge in [-0.25, -0.2) is 9.59 Å². The molecule has 7 heteroatoms. The molecule has 0 saturated heterocycles. The third kappa shape index (κ3) is 5.61. The van der Waals surface area contributed by atoms with Gasteiger partial charge in [0.05, 0.1) is 6.04 Å². The van der Waals surface area contributed by atoms with Crippen LogP contribution in [0.2, 0.25) is 5.02 Å². The van der Waals surface area contributed by atoms with Gasteiger partial charge in [0.15, 0.2) is 0 Å². The Morgan fingerprint density at radius 1 is 1.33 bits per heavy atom. The second-order valence-electron chi connectivity index (χ2n) is 4.53. The third-order valence-corrected chi connectivity index (χ3v) is 3.28. The van der Waals surface area contributed by atoms with E-state index in [1.807, 2.05) is 6.07 Å². The van der Waals surface area contributed by atoms with Crippen LogP contribution in [0.1, 0.15) is 24.9 Å². The number of ether oxygens (including phenoxy) is 1. The molecule has 116 valence electrons. The number of hydrogen-bond acceptors (Lipinski definition) is 3. The summed E-state index contributed by atoms with van der Waals surface area (Å²) in [6, 6.07) is 5.24. The molecule has 2 amide bonds. The summed E-state index contributed by atoms with van der Waals surface area (Å²) < 4.78 is 4.82. The largest absolute Gasteiger partial charge is 0.480 e. The minimum Gasteiger partial charge on any atom is -0.480 e. The Balaban J connectivity index is 2.59. The molecule has 1 aromatic carbocycles. The number of methoxy groups -OCH3 is 1. The SMILES string of the molecule is COCCC(NC(=O)NC(C)c1ccccc1Cl)C(=O)O. The zero-order chi connectivity index (χ0) is 15.8. The van der Waals surface area contributed by atoms with E-state index in [-0.39, 0.29) is 19.1 Å². The predicted molar refractivity (Wildman–Crippen MR) is 79.5 cm³/mol. The fraction of sp³-hybridized carbons (Fsp3) is 0.429. The van der Waals surface area contributed by atoms with Crippen LogP contribution < -0.4 is 10.6 Å².